The third-order valence-electron chi connectivity index (χ3n) is 1.41. The highest BCUT2D eigenvalue weighted by Crippen LogP contribution is 2.41. The molecule has 2 unspecified atom stereocenters. The number of hydrogen-bond acceptors (Lipinski definition) is 2. The quantitative estimate of drug-likeness (QED) is 0.681. The lowest BCUT2D eigenvalue weighted by Gasteiger charge is -2.30. The number of hydrogen-bond donors (Lipinski definition) is 2. The molecule has 0 aliphatic rings. The van der Waals surface area contributed by atoms with Crippen LogP contribution in [0.25, 0.3) is 0 Å². The Morgan fingerprint density at radius 2 is 1.46 bits per heavy atom. The zero-order valence-corrected chi connectivity index (χ0v) is 6.02. The van der Waals surface area contributed by atoms with Crippen molar-refractivity contribution >= 4 is 0 Å². The molecule has 0 heterocycles. The van der Waals surface area contributed by atoms with Gasteiger partial charge in [-0.2, -0.15) is 13.2 Å². The van der Waals surface area contributed by atoms with E-state index in [0.29, 0.717) is 0 Å². The highest BCUT2D eigenvalue weighted by molar-refractivity contribution is 4.96. The molecule has 0 aromatic carbocycles. The first-order chi connectivity index (χ1) is 5.67. The molecule has 80 valence electrons. The van der Waals surface area contributed by atoms with Gasteiger partial charge >= 0.3 is 6.18 Å². The van der Waals surface area contributed by atoms with Crippen molar-refractivity contribution in [2.45, 2.75) is 24.4 Å². The molecule has 0 amide bonds. The van der Waals surface area contributed by atoms with Crippen LogP contribution in [0.4, 0.5) is 26.3 Å². The average Bonchev–Trinajstić information content (AvgIpc) is 1.98. The molecular formula is C5H6F6O2. The van der Waals surface area contributed by atoms with E-state index in [0.717, 1.165) is 0 Å². The van der Waals surface area contributed by atoms with E-state index >= 15 is 0 Å². The van der Waals surface area contributed by atoms with Gasteiger partial charge in [0.05, 0.1) is 6.61 Å². The highest BCUT2D eigenvalue weighted by Gasteiger charge is 2.66. The molecule has 13 heavy (non-hydrogen) atoms. The van der Waals surface area contributed by atoms with Crippen LogP contribution in [0.3, 0.4) is 0 Å². The van der Waals surface area contributed by atoms with Gasteiger partial charge in [0.2, 0.25) is 0 Å². The smallest absolute Gasteiger partial charge is 0.394 e. The fraction of sp³-hybridized carbons (Fsp3) is 1.00. The third kappa shape index (κ3) is 2.05. The number of aliphatic hydroxyl groups excluding tert-OH is 2. The van der Waals surface area contributed by atoms with Crippen molar-refractivity contribution in [1.82, 2.24) is 0 Å². The Morgan fingerprint density at radius 1 is 1.08 bits per heavy atom. The van der Waals surface area contributed by atoms with Gasteiger partial charge in [-0.05, 0) is 0 Å². The Balaban J connectivity index is 4.96. The maximum absolute atomic E-state index is 12.5. The predicted octanol–water partition coefficient (Wildman–Crippen LogP) is 0.875. The summed E-state index contributed by atoms with van der Waals surface area (Å²) in [7, 11) is 0. The SMILES string of the molecule is OCC(O)C(F)(C(F)F)C(F)(F)F. The van der Waals surface area contributed by atoms with Crippen molar-refractivity contribution in [1.29, 1.82) is 0 Å². The number of aliphatic hydroxyl groups is 2. The van der Waals surface area contributed by atoms with Gasteiger partial charge in [0, 0.05) is 0 Å². The van der Waals surface area contributed by atoms with Crippen molar-refractivity contribution in [3.63, 3.8) is 0 Å². The second-order valence-corrected chi connectivity index (χ2v) is 2.26. The van der Waals surface area contributed by atoms with Crippen LogP contribution in [0, 0.1) is 0 Å². The zero-order valence-electron chi connectivity index (χ0n) is 6.02. The van der Waals surface area contributed by atoms with Crippen molar-refractivity contribution in [2.24, 2.45) is 0 Å². The van der Waals surface area contributed by atoms with E-state index < -0.39 is 31.0 Å². The molecule has 0 saturated heterocycles. The Morgan fingerprint density at radius 3 is 1.54 bits per heavy atom. The summed E-state index contributed by atoms with van der Waals surface area (Å²) in [5, 5.41) is 16.2. The van der Waals surface area contributed by atoms with E-state index in [-0.39, 0.29) is 0 Å². The summed E-state index contributed by atoms with van der Waals surface area (Å²) >= 11 is 0. The largest absolute Gasteiger partial charge is 0.430 e. The lowest BCUT2D eigenvalue weighted by atomic mass is 9.99. The first-order valence-corrected chi connectivity index (χ1v) is 3.00. The summed E-state index contributed by atoms with van der Waals surface area (Å²) < 4.78 is 70.8. The molecule has 0 saturated carbocycles. The summed E-state index contributed by atoms with van der Waals surface area (Å²) in [5.41, 5.74) is -5.08. The molecule has 8 heteroatoms. The minimum atomic E-state index is -5.93. The standard InChI is InChI=1S/C5H6F6O2/c6-3(7)4(8,2(13)1-12)5(9,10)11/h2-3,12-13H,1H2. The summed E-state index contributed by atoms with van der Waals surface area (Å²) in [5.74, 6) is 0. The van der Waals surface area contributed by atoms with Gasteiger partial charge in [0.1, 0.15) is 6.10 Å². The maximum atomic E-state index is 12.5. The van der Waals surface area contributed by atoms with E-state index in [1.807, 2.05) is 0 Å². The molecular weight excluding hydrogens is 206 g/mol. The van der Waals surface area contributed by atoms with Crippen molar-refractivity contribution < 1.29 is 36.6 Å². The van der Waals surface area contributed by atoms with Gasteiger partial charge in [-0.1, -0.05) is 0 Å². The second-order valence-electron chi connectivity index (χ2n) is 2.26. The molecule has 2 atom stereocenters. The first-order valence-electron chi connectivity index (χ1n) is 3.00. The monoisotopic (exact) mass is 212 g/mol. The molecule has 2 N–H and O–H groups in total. The molecule has 2 nitrogen and oxygen atoms in total. The second kappa shape index (κ2) is 3.70. The third-order valence-corrected chi connectivity index (χ3v) is 1.41. The molecule has 0 bridgehead atoms. The van der Waals surface area contributed by atoms with Gasteiger partial charge in [-0.15, -0.1) is 0 Å². The van der Waals surface area contributed by atoms with Crippen LogP contribution in [0.1, 0.15) is 0 Å². The Kier molecular flexibility index (Phi) is 3.56. The molecule has 0 rings (SSSR count). The fourth-order valence-corrected chi connectivity index (χ4v) is 0.591. The molecule has 0 radical (unpaired) electrons. The Hall–Kier alpha value is -0.500. The first kappa shape index (κ1) is 12.5. The molecule has 0 aromatic heterocycles. The summed E-state index contributed by atoms with van der Waals surface area (Å²) in [6, 6.07) is 0. The topological polar surface area (TPSA) is 40.5 Å². The van der Waals surface area contributed by atoms with Crippen LogP contribution in [0.2, 0.25) is 0 Å². The number of rotatable bonds is 3. The van der Waals surface area contributed by atoms with E-state index in [9.17, 15) is 26.3 Å². The van der Waals surface area contributed by atoms with Crippen molar-refractivity contribution in [2.75, 3.05) is 6.61 Å². The summed E-state index contributed by atoms with van der Waals surface area (Å²) in [4.78, 5) is 0. The molecule has 0 aromatic rings. The van der Waals surface area contributed by atoms with Crippen LogP contribution in [-0.4, -0.2) is 41.2 Å². The van der Waals surface area contributed by atoms with Gasteiger partial charge in [0.15, 0.2) is 0 Å². The predicted molar refractivity (Wildman–Crippen MR) is 29.0 cm³/mol. The molecule has 0 spiro atoms. The minimum absolute atomic E-state index is 1.74. The number of halogens is 6. The summed E-state index contributed by atoms with van der Waals surface area (Å²) in [6.07, 6.45) is -13.6. The maximum Gasteiger partial charge on any atom is 0.430 e. The Labute approximate surface area is 68.8 Å². The molecule has 0 aliphatic carbocycles. The fourth-order valence-electron chi connectivity index (χ4n) is 0.591. The Bertz CT molecular complexity index is 169. The molecule has 0 aliphatic heterocycles. The minimum Gasteiger partial charge on any atom is -0.394 e. The van der Waals surface area contributed by atoms with Crippen molar-refractivity contribution in [3.8, 4) is 0 Å². The van der Waals surface area contributed by atoms with Crippen LogP contribution in [-0.2, 0) is 0 Å². The van der Waals surface area contributed by atoms with Crippen molar-refractivity contribution in [3.05, 3.63) is 0 Å². The summed E-state index contributed by atoms with van der Waals surface area (Å²) in [6.45, 7) is -1.74. The highest BCUT2D eigenvalue weighted by atomic mass is 19.4. The van der Waals surface area contributed by atoms with Gasteiger partial charge < -0.3 is 10.2 Å². The molecule has 0 fully saturated rings. The van der Waals surface area contributed by atoms with Crippen LogP contribution >= 0.6 is 0 Å². The van der Waals surface area contributed by atoms with Gasteiger partial charge in [-0.25, -0.2) is 13.2 Å². The van der Waals surface area contributed by atoms with E-state index in [2.05, 4.69) is 0 Å². The van der Waals surface area contributed by atoms with Crippen LogP contribution in [0.5, 0.6) is 0 Å². The normalized spacial score (nSPS) is 20.1. The lowest BCUT2D eigenvalue weighted by molar-refractivity contribution is -0.299. The number of alkyl halides is 6. The van der Waals surface area contributed by atoms with Crippen LogP contribution < -0.4 is 0 Å². The van der Waals surface area contributed by atoms with Gasteiger partial charge in [-0.3, -0.25) is 0 Å². The van der Waals surface area contributed by atoms with Crippen LogP contribution in [0.15, 0.2) is 0 Å². The van der Waals surface area contributed by atoms with E-state index in [4.69, 9.17) is 10.2 Å². The average molecular weight is 212 g/mol. The zero-order chi connectivity index (χ0) is 10.9. The van der Waals surface area contributed by atoms with E-state index in [1.165, 1.54) is 0 Å². The lowest BCUT2D eigenvalue weighted by Crippen LogP contribution is -2.57. The van der Waals surface area contributed by atoms with Gasteiger partial charge in [0.25, 0.3) is 12.1 Å². The van der Waals surface area contributed by atoms with E-state index in [1.54, 1.807) is 0 Å².